The third-order valence-corrected chi connectivity index (χ3v) is 4.71. The average Bonchev–Trinajstić information content (AvgIpc) is 2.64. The first kappa shape index (κ1) is 21.0. The first-order valence-electron chi connectivity index (χ1n) is 8.55. The predicted octanol–water partition coefficient (Wildman–Crippen LogP) is 3.93. The number of rotatable bonds is 7. The van der Waals surface area contributed by atoms with Gasteiger partial charge in [-0.3, -0.25) is 0 Å². The van der Waals surface area contributed by atoms with Crippen LogP contribution >= 0.6 is 11.6 Å². The van der Waals surface area contributed by atoms with Crippen molar-refractivity contribution in [2.45, 2.75) is 12.6 Å². The Labute approximate surface area is 164 Å². The molecule has 2 aromatic carbocycles. The molecule has 0 aliphatic heterocycles. The summed E-state index contributed by atoms with van der Waals surface area (Å²) in [6.07, 6.45) is 0. The van der Waals surface area contributed by atoms with Gasteiger partial charge in [0.2, 0.25) is 0 Å². The number of halogens is 2. The second kappa shape index (κ2) is 9.58. The van der Waals surface area contributed by atoms with Gasteiger partial charge in [0.1, 0.15) is 11.6 Å². The molecule has 0 aromatic heterocycles. The maximum absolute atomic E-state index is 13.9. The van der Waals surface area contributed by atoms with Gasteiger partial charge in [0.15, 0.2) is 0 Å². The lowest BCUT2D eigenvalue weighted by Crippen LogP contribution is -2.41. The molecule has 146 valence electrons. The van der Waals surface area contributed by atoms with E-state index in [1.807, 2.05) is 43.3 Å². The topological polar surface area (TPSA) is 44.8 Å². The van der Waals surface area contributed by atoms with E-state index in [0.717, 1.165) is 11.3 Å². The molecular weight excluding hydrogens is 369 g/mol. The molecule has 0 spiro atoms. The molecule has 0 saturated carbocycles. The largest absolute Gasteiger partial charge is 0.497 e. The summed E-state index contributed by atoms with van der Waals surface area (Å²) in [5, 5.41) is 3.20. The van der Waals surface area contributed by atoms with Crippen LogP contribution in [0, 0.1) is 5.82 Å². The van der Waals surface area contributed by atoms with Crippen LogP contribution in [0.2, 0.25) is 5.02 Å². The van der Waals surface area contributed by atoms with Gasteiger partial charge in [0, 0.05) is 24.2 Å². The molecule has 0 bridgehead atoms. The lowest BCUT2D eigenvalue weighted by Gasteiger charge is -2.27. The van der Waals surface area contributed by atoms with Crippen molar-refractivity contribution < 1.29 is 13.9 Å². The van der Waals surface area contributed by atoms with Gasteiger partial charge >= 0.3 is 6.03 Å². The number of hydrogen-bond donors (Lipinski definition) is 1. The Bertz CT molecular complexity index is 765. The summed E-state index contributed by atoms with van der Waals surface area (Å²) in [7, 11) is 7.11. The third-order valence-electron chi connectivity index (χ3n) is 4.35. The van der Waals surface area contributed by atoms with E-state index in [1.54, 1.807) is 20.2 Å². The van der Waals surface area contributed by atoms with Crippen molar-refractivity contribution in [2.24, 2.45) is 0 Å². The van der Waals surface area contributed by atoms with Gasteiger partial charge in [0.25, 0.3) is 0 Å². The van der Waals surface area contributed by atoms with Crippen molar-refractivity contribution in [3.05, 3.63) is 64.4 Å². The zero-order chi connectivity index (χ0) is 20.0. The Morgan fingerprint density at radius 1 is 1.22 bits per heavy atom. The molecule has 0 saturated heterocycles. The van der Waals surface area contributed by atoms with Gasteiger partial charge < -0.3 is 19.9 Å². The predicted molar refractivity (Wildman–Crippen MR) is 106 cm³/mol. The van der Waals surface area contributed by atoms with E-state index in [0.29, 0.717) is 17.1 Å². The van der Waals surface area contributed by atoms with E-state index in [-0.39, 0.29) is 18.6 Å². The highest BCUT2D eigenvalue weighted by atomic mass is 35.5. The van der Waals surface area contributed by atoms with E-state index in [9.17, 15) is 9.18 Å². The molecule has 5 nitrogen and oxygen atoms in total. The molecule has 27 heavy (non-hydrogen) atoms. The fourth-order valence-electron chi connectivity index (χ4n) is 2.76. The van der Waals surface area contributed by atoms with Gasteiger partial charge in [-0.15, -0.1) is 0 Å². The number of ether oxygens (including phenoxy) is 1. The number of urea groups is 1. The molecule has 1 atom stereocenters. The van der Waals surface area contributed by atoms with Gasteiger partial charge in [-0.25, -0.2) is 9.18 Å². The van der Waals surface area contributed by atoms with E-state index in [4.69, 9.17) is 16.3 Å². The van der Waals surface area contributed by atoms with E-state index in [2.05, 4.69) is 5.32 Å². The summed E-state index contributed by atoms with van der Waals surface area (Å²) in [5.74, 6) is 0.335. The van der Waals surface area contributed by atoms with Crippen LogP contribution in [0.3, 0.4) is 0 Å². The van der Waals surface area contributed by atoms with Gasteiger partial charge in [-0.05, 0) is 43.9 Å². The Hall–Kier alpha value is -2.31. The van der Waals surface area contributed by atoms with Gasteiger partial charge in [0.05, 0.1) is 19.7 Å². The molecule has 0 aliphatic rings. The van der Waals surface area contributed by atoms with Crippen LogP contribution in [0.25, 0.3) is 0 Å². The first-order chi connectivity index (χ1) is 12.8. The third kappa shape index (κ3) is 5.58. The number of benzene rings is 2. The molecule has 0 fully saturated rings. The molecule has 1 unspecified atom stereocenters. The molecule has 0 radical (unpaired) electrons. The lowest BCUT2D eigenvalue weighted by atomic mass is 10.1. The highest BCUT2D eigenvalue weighted by Crippen LogP contribution is 2.23. The van der Waals surface area contributed by atoms with Crippen LogP contribution in [-0.4, -0.2) is 50.6 Å². The zero-order valence-corrected chi connectivity index (χ0v) is 16.8. The second-order valence-electron chi connectivity index (χ2n) is 6.50. The van der Waals surface area contributed by atoms with Crippen molar-refractivity contribution >= 4 is 17.6 Å². The molecule has 0 aliphatic carbocycles. The van der Waals surface area contributed by atoms with Crippen LogP contribution in [0.15, 0.2) is 42.5 Å². The van der Waals surface area contributed by atoms with Crippen LogP contribution in [0.4, 0.5) is 9.18 Å². The highest BCUT2D eigenvalue weighted by Gasteiger charge is 2.18. The van der Waals surface area contributed by atoms with Crippen molar-refractivity contribution in [2.75, 3.05) is 34.8 Å². The normalized spacial score (nSPS) is 12.0. The van der Waals surface area contributed by atoms with E-state index < -0.39 is 5.82 Å². The van der Waals surface area contributed by atoms with Gasteiger partial charge in [-0.1, -0.05) is 29.8 Å². The molecular formula is C20H25ClFN3O2. The number of likely N-dealkylation sites (N-methyl/N-ethyl adjacent to an activating group) is 1. The van der Waals surface area contributed by atoms with Gasteiger partial charge in [-0.2, -0.15) is 0 Å². The van der Waals surface area contributed by atoms with Crippen LogP contribution in [0.1, 0.15) is 17.2 Å². The molecule has 1 N–H and O–H groups in total. The molecule has 2 rings (SSSR count). The Morgan fingerprint density at radius 3 is 2.56 bits per heavy atom. The fraction of sp³-hybridized carbons (Fsp3) is 0.350. The Kier molecular flexibility index (Phi) is 7.45. The summed E-state index contributed by atoms with van der Waals surface area (Å²) < 4.78 is 19.2. The average molecular weight is 394 g/mol. The van der Waals surface area contributed by atoms with E-state index in [1.165, 1.54) is 17.0 Å². The summed E-state index contributed by atoms with van der Waals surface area (Å²) >= 11 is 6.04. The van der Waals surface area contributed by atoms with Crippen LogP contribution in [-0.2, 0) is 6.54 Å². The minimum absolute atomic E-state index is 0.0329. The maximum Gasteiger partial charge on any atom is 0.317 e. The SMILES string of the molecule is COc1cccc(C(CNC(=O)N(C)Cc2c(F)cccc2Cl)N(C)C)c1. The van der Waals surface area contributed by atoms with Crippen LogP contribution in [0.5, 0.6) is 5.75 Å². The Morgan fingerprint density at radius 2 is 1.93 bits per heavy atom. The lowest BCUT2D eigenvalue weighted by molar-refractivity contribution is 0.200. The monoisotopic (exact) mass is 393 g/mol. The van der Waals surface area contributed by atoms with Crippen LogP contribution < -0.4 is 10.1 Å². The quantitative estimate of drug-likeness (QED) is 0.775. The summed E-state index contributed by atoms with van der Waals surface area (Å²) in [4.78, 5) is 15.9. The van der Waals surface area contributed by atoms with Crippen molar-refractivity contribution in [1.82, 2.24) is 15.1 Å². The second-order valence-corrected chi connectivity index (χ2v) is 6.91. The summed E-state index contributed by atoms with van der Waals surface area (Å²) in [6.45, 7) is 0.484. The highest BCUT2D eigenvalue weighted by molar-refractivity contribution is 6.31. The Balaban J connectivity index is 2.03. The molecule has 0 heterocycles. The zero-order valence-electron chi connectivity index (χ0n) is 16.0. The number of nitrogens with one attached hydrogen (secondary N) is 1. The molecule has 2 amide bonds. The maximum atomic E-state index is 13.9. The number of carbonyl (C=O) groups excluding carboxylic acids is 1. The van der Waals surface area contributed by atoms with Crippen molar-refractivity contribution in [3.63, 3.8) is 0 Å². The van der Waals surface area contributed by atoms with E-state index >= 15 is 0 Å². The minimum atomic E-state index is -0.426. The number of carbonyl (C=O) groups is 1. The number of amides is 2. The van der Waals surface area contributed by atoms with Crippen molar-refractivity contribution in [3.8, 4) is 5.75 Å². The standard InChI is InChI=1S/C20H25ClFN3O2/c1-24(2)19(14-7-5-8-15(11-14)27-4)12-23-20(26)25(3)13-16-17(21)9-6-10-18(16)22/h5-11,19H,12-13H2,1-4H3,(H,23,26). The summed E-state index contributed by atoms with van der Waals surface area (Å²) in [5.41, 5.74) is 1.33. The fourth-order valence-corrected chi connectivity index (χ4v) is 2.98. The number of nitrogens with zero attached hydrogens (tertiary/aromatic N) is 2. The molecule has 7 heteroatoms. The number of hydrogen-bond acceptors (Lipinski definition) is 3. The summed E-state index contributed by atoms with van der Waals surface area (Å²) in [6, 6.07) is 11.9. The minimum Gasteiger partial charge on any atom is -0.497 e. The smallest absolute Gasteiger partial charge is 0.317 e. The van der Waals surface area contributed by atoms with Crippen molar-refractivity contribution in [1.29, 1.82) is 0 Å². The molecule has 2 aromatic rings. The number of methoxy groups -OCH3 is 1. The first-order valence-corrected chi connectivity index (χ1v) is 8.93.